The van der Waals surface area contributed by atoms with E-state index in [4.69, 9.17) is 5.73 Å². The lowest BCUT2D eigenvalue weighted by Crippen LogP contribution is -2.38. The van der Waals surface area contributed by atoms with E-state index in [1.54, 1.807) is 0 Å². The lowest BCUT2D eigenvalue weighted by atomic mass is 10.0. The summed E-state index contributed by atoms with van der Waals surface area (Å²) in [5.41, 5.74) is 6.62. The fourth-order valence-corrected chi connectivity index (χ4v) is 1.76. The summed E-state index contributed by atoms with van der Waals surface area (Å²) in [6.07, 6.45) is 1.99. The predicted molar refractivity (Wildman–Crippen MR) is 74.1 cm³/mol. The number of benzene rings is 1. The van der Waals surface area contributed by atoms with Gasteiger partial charge in [-0.15, -0.1) is 0 Å². The van der Waals surface area contributed by atoms with Gasteiger partial charge in [0.25, 0.3) is 0 Å². The number of amides is 2. The van der Waals surface area contributed by atoms with Crippen LogP contribution >= 0.6 is 0 Å². The molecule has 0 aliphatic carbocycles. The third-order valence-electron chi connectivity index (χ3n) is 3.00. The molecule has 4 heteroatoms. The lowest BCUT2D eigenvalue weighted by molar-refractivity contribution is 0.238. The van der Waals surface area contributed by atoms with Crippen LogP contribution in [0.3, 0.4) is 0 Å². The summed E-state index contributed by atoms with van der Waals surface area (Å²) in [5, 5.41) is 5.72. The highest BCUT2D eigenvalue weighted by atomic mass is 16.2. The monoisotopic (exact) mass is 249 g/mol. The summed E-state index contributed by atoms with van der Waals surface area (Å²) in [7, 11) is 0. The molecular weight excluding hydrogens is 226 g/mol. The van der Waals surface area contributed by atoms with E-state index in [9.17, 15) is 4.79 Å². The first-order chi connectivity index (χ1) is 8.76. The van der Waals surface area contributed by atoms with Crippen LogP contribution in [0.2, 0.25) is 0 Å². The van der Waals surface area contributed by atoms with Crippen molar-refractivity contribution < 1.29 is 4.79 Å². The first kappa shape index (κ1) is 14.5. The van der Waals surface area contributed by atoms with E-state index in [1.807, 2.05) is 30.3 Å². The molecule has 0 fully saturated rings. The quantitative estimate of drug-likeness (QED) is 0.690. The smallest absolute Gasteiger partial charge is 0.315 e. The molecule has 2 amide bonds. The van der Waals surface area contributed by atoms with Crippen LogP contribution in [0.1, 0.15) is 25.3 Å². The van der Waals surface area contributed by atoms with Crippen LogP contribution < -0.4 is 16.4 Å². The van der Waals surface area contributed by atoms with E-state index in [0.717, 1.165) is 18.4 Å². The highest BCUT2D eigenvalue weighted by Gasteiger charge is 2.07. The number of hydrogen-bond acceptors (Lipinski definition) is 2. The van der Waals surface area contributed by atoms with Crippen molar-refractivity contribution in [3.05, 3.63) is 35.9 Å². The highest BCUT2D eigenvalue weighted by Crippen LogP contribution is 2.04. The van der Waals surface area contributed by atoms with E-state index < -0.39 is 0 Å². The Morgan fingerprint density at radius 3 is 2.61 bits per heavy atom. The minimum Gasteiger partial charge on any atom is -0.338 e. The van der Waals surface area contributed by atoms with Gasteiger partial charge in [0.1, 0.15) is 0 Å². The summed E-state index contributed by atoms with van der Waals surface area (Å²) in [5.74, 6) is 0.470. The molecule has 0 spiro atoms. The van der Waals surface area contributed by atoms with Crippen LogP contribution in [-0.4, -0.2) is 19.1 Å². The number of urea groups is 1. The van der Waals surface area contributed by atoms with Gasteiger partial charge in [-0.1, -0.05) is 43.7 Å². The summed E-state index contributed by atoms with van der Waals surface area (Å²) in [4.78, 5) is 11.6. The molecule has 18 heavy (non-hydrogen) atoms. The van der Waals surface area contributed by atoms with Crippen molar-refractivity contribution in [2.24, 2.45) is 11.7 Å². The van der Waals surface area contributed by atoms with Gasteiger partial charge in [0.15, 0.2) is 0 Å². The second-order valence-corrected chi connectivity index (χ2v) is 4.40. The Morgan fingerprint density at radius 1 is 1.28 bits per heavy atom. The highest BCUT2D eigenvalue weighted by molar-refractivity contribution is 5.73. The average Bonchev–Trinajstić information content (AvgIpc) is 2.42. The molecule has 0 saturated heterocycles. The lowest BCUT2D eigenvalue weighted by Gasteiger charge is -2.15. The summed E-state index contributed by atoms with van der Waals surface area (Å²) in [6.45, 7) is 4.03. The van der Waals surface area contributed by atoms with Gasteiger partial charge < -0.3 is 16.4 Å². The Bertz CT molecular complexity index is 340. The second kappa shape index (κ2) is 8.53. The molecule has 0 radical (unpaired) electrons. The fourth-order valence-electron chi connectivity index (χ4n) is 1.76. The number of carbonyl (C=O) groups is 1. The third kappa shape index (κ3) is 5.68. The number of nitrogens with two attached hydrogens (primary N) is 1. The van der Waals surface area contributed by atoms with Gasteiger partial charge in [-0.2, -0.15) is 0 Å². The molecule has 100 valence electrons. The number of hydrogen-bond donors (Lipinski definition) is 3. The maximum Gasteiger partial charge on any atom is 0.315 e. The van der Waals surface area contributed by atoms with Crippen molar-refractivity contribution in [1.29, 1.82) is 0 Å². The van der Waals surface area contributed by atoms with E-state index in [1.165, 1.54) is 0 Å². The van der Waals surface area contributed by atoms with Gasteiger partial charge in [0, 0.05) is 13.1 Å². The van der Waals surface area contributed by atoms with Crippen LogP contribution in [0.4, 0.5) is 4.79 Å². The van der Waals surface area contributed by atoms with Gasteiger partial charge in [0.05, 0.1) is 0 Å². The Hall–Kier alpha value is -1.55. The molecule has 1 aromatic rings. The maximum atomic E-state index is 11.6. The van der Waals surface area contributed by atoms with Crippen molar-refractivity contribution in [2.75, 3.05) is 13.1 Å². The van der Waals surface area contributed by atoms with E-state index in [2.05, 4.69) is 17.6 Å². The summed E-state index contributed by atoms with van der Waals surface area (Å²) in [6, 6.07) is 9.75. The molecule has 1 unspecified atom stereocenters. The first-order valence-electron chi connectivity index (χ1n) is 6.52. The normalized spacial score (nSPS) is 11.9. The zero-order valence-corrected chi connectivity index (χ0v) is 11.0. The van der Waals surface area contributed by atoms with Gasteiger partial charge in [0.2, 0.25) is 0 Å². The molecular formula is C14H23N3O. The zero-order valence-electron chi connectivity index (χ0n) is 11.0. The van der Waals surface area contributed by atoms with Gasteiger partial charge in [-0.05, 0) is 24.4 Å². The van der Waals surface area contributed by atoms with Crippen molar-refractivity contribution in [1.82, 2.24) is 10.6 Å². The molecule has 4 N–H and O–H groups in total. The van der Waals surface area contributed by atoms with Crippen molar-refractivity contribution in [3.8, 4) is 0 Å². The topological polar surface area (TPSA) is 67.1 Å². The number of nitrogens with one attached hydrogen (secondary N) is 2. The molecule has 1 atom stereocenters. The number of rotatable bonds is 7. The van der Waals surface area contributed by atoms with Crippen LogP contribution in [0, 0.1) is 5.92 Å². The van der Waals surface area contributed by atoms with Crippen LogP contribution in [0.5, 0.6) is 0 Å². The van der Waals surface area contributed by atoms with Crippen molar-refractivity contribution in [2.45, 2.75) is 26.3 Å². The van der Waals surface area contributed by atoms with E-state index in [-0.39, 0.29) is 6.03 Å². The largest absolute Gasteiger partial charge is 0.338 e. The standard InChI is InChI=1S/C14H23N3O/c1-2-12(8-9-15)10-16-14(18)17-11-13-6-4-3-5-7-13/h3-7,12H,2,8-11,15H2,1H3,(H2,16,17,18). The van der Waals surface area contributed by atoms with Crippen molar-refractivity contribution >= 4 is 6.03 Å². The van der Waals surface area contributed by atoms with Crippen LogP contribution in [0.15, 0.2) is 30.3 Å². The molecule has 1 aromatic carbocycles. The maximum absolute atomic E-state index is 11.6. The van der Waals surface area contributed by atoms with E-state index in [0.29, 0.717) is 25.6 Å². The predicted octanol–water partition coefficient (Wildman–Crippen LogP) is 1.86. The Kier molecular flexibility index (Phi) is 6.87. The Morgan fingerprint density at radius 2 is 2.00 bits per heavy atom. The molecule has 4 nitrogen and oxygen atoms in total. The summed E-state index contributed by atoms with van der Waals surface area (Å²) < 4.78 is 0. The fraction of sp³-hybridized carbons (Fsp3) is 0.500. The Balaban J connectivity index is 2.21. The van der Waals surface area contributed by atoms with E-state index >= 15 is 0 Å². The molecule has 0 saturated carbocycles. The third-order valence-corrected chi connectivity index (χ3v) is 3.00. The number of carbonyl (C=O) groups excluding carboxylic acids is 1. The molecule has 0 aliphatic heterocycles. The average molecular weight is 249 g/mol. The van der Waals surface area contributed by atoms with Gasteiger partial charge >= 0.3 is 6.03 Å². The summed E-state index contributed by atoms with van der Waals surface area (Å²) >= 11 is 0. The zero-order chi connectivity index (χ0) is 13.2. The van der Waals surface area contributed by atoms with Crippen LogP contribution in [-0.2, 0) is 6.54 Å². The second-order valence-electron chi connectivity index (χ2n) is 4.40. The SMILES string of the molecule is CCC(CCN)CNC(=O)NCc1ccccc1. The van der Waals surface area contributed by atoms with Gasteiger partial charge in [-0.25, -0.2) is 4.79 Å². The minimum absolute atomic E-state index is 0.116. The molecule has 1 rings (SSSR count). The minimum atomic E-state index is -0.116. The molecule has 0 aromatic heterocycles. The first-order valence-corrected chi connectivity index (χ1v) is 6.52. The molecule has 0 bridgehead atoms. The Labute approximate surface area is 109 Å². The molecule has 0 aliphatic rings. The van der Waals surface area contributed by atoms with Gasteiger partial charge in [-0.3, -0.25) is 0 Å². The molecule has 0 heterocycles. The van der Waals surface area contributed by atoms with Crippen LogP contribution in [0.25, 0.3) is 0 Å². The van der Waals surface area contributed by atoms with Crippen molar-refractivity contribution in [3.63, 3.8) is 0 Å².